The molecular weight excluding hydrogens is 320 g/mol. The summed E-state index contributed by atoms with van der Waals surface area (Å²) in [5, 5.41) is 0. The first kappa shape index (κ1) is 15.6. The third kappa shape index (κ3) is 3.13. The van der Waals surface area contributed by atoms with Crippen LogP contribution >= 0.6 is 15.9 Å². The molecule has 0 bridgehead atoms. The number of carbonyl (C=O) groups is 1. The molecule has 1 aromatic rings. The van der Waals surface area contributed by atoms with E-state index in [-0.39, 0.29) is 16.8 Å². The number of hydrogen-bond acceptors (Lipinski definition) is 5. The fourth-order valence-electron chi connectivity index (χ4n) is 1.62. The van der Waals surface area contributed by atoms with E-state index in [2.05, 4.69) is 15.9 Å². The van der Waals surface area contributed by atoms with Gasteiger partial charge in [-0.25, -0.2) is 9.59 Å². The van der Waals surface area contributed by atoms with Crippen molar-refractivity contribution in [2.24, 2.45) is 0 Å². The Balaban J connectivity index is 3.56. The predicted molar refractivity (Wildman–Crippen MR) is 71.2 cm³/mol. The van der Waals surface area contributed by atoms with Gasteiger partial charge in [-0.3, -0.25) is 9.36 Å². The Morgan fingerprint density at radius 1 is 1.42 bits per heavy atom. The average molecular weight is 335 g/mol. The van der Waals surface area contributed by atoms with Gasteiger partial charge in [-0.2, -0.15) is 0 Å². The third-order valence-electron chi connectivity index (χ3n) is 2.48. The second-order valence-electron chi connectivity index (χ2n) is 4.04. The van der Waals surface area contributed by atoms with Gasteiger partial charge in [0.25, 0.3) is 5.56 Å². The van der Waals surface area contributed by atoms with Crippen LogP contribution in [0.3, 0.4) is 0 Å². The fourth-order valence-corrected chi connectivity index (χ4v) is 1.97. The van der Waals surface area contributed by atoms with Crippen molar-refractivity contribution in [3.8, 4) is 0 Å². The molecule has 0 amide bonds. The molecule has 0 radical (unpaired) electrons. The van der Waals surface area contributed by atoms with Gasteiger partial charge in [0.1, 0.15) is 4.47 Å². The molecule has 0 unspecified atom stereocenters. The maximum absolute atomic E-state index is 12.2. The summed E-state index contributed by atoms with van der Waals surface area (Å²) in [6.07, 6.45) is 0. The van der Waals surface area contributed by atoms with Gasteiger partial charge in [-0.05, 0) is 29.8 Å². The summed E-state index contributed by atoms with van der Waals surface area (Å²) in [4.78, 5) is 40.1. The van der Waals surface area contributed by atoms with Gasteiger partial charge in [0.2, 0.25) is 0 Å². The zero-order valence-electron chi connectivity index (χ0n) is 11.1. The van der Waals surface area contributed by atoms with Crippen molar-refractivity contribution in [1.82, 2.24) is 9.30 Å². The molecule has 8 heteroatoms. The maximum Gasteiger partial charge on any atom is 0.365 e. The molecule has 0 aliphatic rings. The van der Waals surface area contributed by atoms with Gasteiger partial charge >= 0.3 is 11.7 Å². The van der Waals surface area contributed by atoms with Crippen LogP contribution in [0.2, 0.25) is 0 Å². The van der Waals surface area contributed by atoms with Crippen LogP contribution in [-0.2, 0) is 9.53 Å². The highest BCUT2D eigenvalue weighted by Gasteiger charge is 2.20. The first-order chi connectivity index (χ1) is 8.81. The minimum absolute atomic E-state index is 0.163. The van der Waals surface area contributed by atoms with E-state index in [9.17, 15) is 14.4 Å². The lowest BCUT2D eigenvalue weighted by atomic mass is 10.3. The zero-order valence-corrected chi connectivity index (χ0v) is 12.7. The van der Waals surface area contributed by atoms with E-state index in [1.165, 1.54) is 21.0 Å². The predicted octanol–water partition coefficient (Wildman–Crippen LogP) is 0.263. The zero-order chi connectivity index (χ0) is 14.7. The Labute approximate surface area is 117 Å². The molecule has 1 atom stereocenters. The standard InChI is InChI=1S/C11H15BrN2O5/c1-6(5-18-4)13-10(16)9(12)7(2)14(11(13)17)19-8(3)15/h6H,5H2,1-4H3/t6-/m0/s1. The molecule has 0 fully saturated rings. The van der Waals surface area contributed by atoms with E-state index in [4.69, 9.17) is 9.57 Å². The van der Waals surface area contributed by atoms with Crippen LogP contribution in [0.5, 0.6) is 0 Å². The Hall–Kier alpha value is -1.41. The summed E-state index contributed by atoms with van der Waals surface area (Å²) in [5.41, 5.74) is -0.980. The molecule has 0 spiro atoms. The maximum atomic E-state index is 12.2. The van der Waals surface area contributed by atoms with Crippen molar-refractivity contribution in [2.45, 2.75) is 26.8 Å². The topological polar surface area (TPSA) is 79.5 Å². The average Bonchev–Trinajstić information content (AvgIpc) is 2.32. The van der Waals surface area contributed by atoms with E-state index in [1.54, 1.807) is 6.92 Å². The van der Waals surface area contributed by atoms with Crippen LogP contribution in [0.15, 0.2) is 14.1 Å². The van der Waals surface area contributed by atoms with Crippen molar-refractivity contribution in [2.75, 3.05) is 13.7 Å². The SMILES string of the molecule is COC[C@H](C)n1c(=O)c(Br)c(C)n(OC(C)=O)c1=O. The number of methoxy groups -OCH3 is 1. The van der Waals surface area contributed by atoms with Crippen LogP contribution in [0, 0.1) is 6.92 Å². The van der Waals surface area contributed by atoms with Gasteiger partial charge in [0.05, 0.1) is 18.3 Å². The molecule has 1 rings (SSSR count). The summed E-state index contributed by atoms with van der Waals surface area (Å²) >= 11 is 3.10. The molecule has 0 saturated heterocycles. The minimum atomic E-state index is -0.717. The molecule has 0 aliphatic carbocycles. The Morgan fingerprint density at radius 2 is 2.00 bits per heavy atom. The Kier molecular flexibility index (Phi) is 5.07. The van der Waals surface area contributed by atoms with Crippen LogP contribution < -0.4 is 16.1 Å². The first-order valence-corrected chi connectivity index (χ1v) is 6.32. The molecule has 1 aromatic heterocycles. The smallest absolute Gasteiger partial charge is 0.365 e. The Morgan fingerprint density at radius 3 is 2.47 bits per heavy atom. The summed E-state index contributed by atoms with van der Waals surface area (Å²) in [6.45, 7) is 4.52. The Bertz CT molecular complexity index is 604. The van der Waals surface area contributed by atoms with Crippen LogP contribution in [-0.4, -0.2) is 29.0 Å². The van der Waals surface area contributed by atoms with E-state index in [0.29, 0.717) is 0 Å². The lowest BCUT2D eigenvalue weighted by Gasteiger charge is -2.17. The lowest BCUT2D eigenvalue weighted by molar-refractivity contribution is -0.142. The highest BCUT2D eigenvalue weighted by molar-refractivity contribution is 9.10. The highest BCUT2D eigenvalue weighted by Crippen LogP contribution is 2.09. The molecule has 106 valence electrons. The van der Waals surface area contributed by atoms with E-state index < -0.39 is 23.3 Å². The molecule has 1 heterocycles. The lowest BCUT2D eigenvalue weighted by Crippen LogP contribution is -2.46. The number of ether oxygens (including phenoxy) is 1. The first-order valence-electron chi connectivity index (χ1n) is 5.52. The number of carbonyl (C=O) groups excluding carboxylic acids is 1. The monoisotopic (exact) mass is 334 g/mol. The summed E-state index contributed by atoms with van der Waals surface area (Å²) in [6, 6.07) is -0.483. The quantitative estimate of drug-likeness (QED) is 0.789. The van der Waals surface area contributed by atoms with Gasteiger partial charge < -0.3 is 9.57 Å². The number of halogens is 1. The highest BCUT2D eigenvalue weighted by atomic mass is 79.9. The second-order valence-corrected chi connectivity index (χ2v) is 4.83. The largest absolute Gasteiger partial charge is 0.383 e. The van der Waals surface area contributed by atoms with E-state index >= 15 is 0 Å². The van der Waals surface area contributed by atoms with Gasteiger partial charge in [0.15, 0.2) is 0 Å². The van der Waals surface area contributed by atoms with Gasteiger partial charge in [0, 0.05) is 14.0 Å². The van der Waals surface area contributed by atoms with Crippen molar-refractivity contribution < 1.29 is 14.4 Å². The summed E-state index contributed by atoms with van der Waals surface area (Å²) < 4.78 is 6.86. The minimum Gasteiger partial charge on any atom is -0.383 e. The van der Waals surface area contributed by atoms with Crippen LogP contribution in [0.4, 0.5) is 0 Å². The second kappa shape index (κ2) is 6.16. The van der Waals surface area contributed by atoms with Gasteiger partial charge in [-0.1, -0.05) is 0 Å². The van der Waals surface area contributed by atoms with Crippen molar-refractivity contribution in [3.05, 3.63) is 31.0 Å². The number of rotatable bonds is 4. The molecule has 19 heavy (non-hydrogen) atoms. The van der Waals surface area contributed by atoms with Crippen LogP contribution in [0.1, 0.15) is 25.6 Å². The molecular formula is C11H15BrN2O5. The molecule has 0 saturated carbocycles. The number of aromatic nitrogens is 2. The van der Waals surface area contributed by atoms with Crippen molar-refractivity contribution >= 4 is 21.9 Å². The van der Waals surface area contributed by atoms with Crippen LogP contribution in [0.25, 0.3) is 0 Å². The number of hydrogen-bond donors (Lipinski definition) is 0. The van der Waals surface area contributed by atoms with Crippen molar-refractivity contribution in [1.29, 1.82) is 0 Å². The molecule has 7 nitrogen and oxygen atoms in total. The molecule has 0 aliphatic heterocycles. The van der Waals surface area contributed by atoms with E-state index in [1.807, 2.05) is 0 Å². The van der Waals surface area contributed by atoms with E-state index in [0.717, 1.165) is 9.30 Å². The summed E-state index contributed by atoms with van der Waals surface area (Å²) in [5.74, 6) is -0.651. The van der Waals surface area contributed by atoms with Crippen molar-refractivity contribution in [3.63, 3.8) is 0 Å². The van der Waals surface area contributed by atoms with Gasteiger partial charge in [-0.15, -0.1) is 4.73 Å². The molecule has 0 aromatic carbocycles. The fraction of sp³-hybridized carbons (Fsp3) is 0.545. The normalized spacial score (nSPS) is 12.3. The molecule has 0 N–H and O–H groups in total. The third-order valence-corrected chi connectivity index (χ3v) is 3.39. The summed E-state index contributed by atoms with van der Waals surface area (Å²) in [7, 11) is 1.47. The number of nitrogens with zero attached hydrogens (tertiary/aromatic N) is 2.